The number of hydrogen-bond acceptors (Lipinski definition) is 4. The summed E-state index contributed by atoms with van der Waals surface area (Å²) in [7, 11) is 1.75. The van der Waals surface area contributed by atoms with Gasteiger partial charge in [-0.3, -0.25) is 9.78 Å². The largest absolute Gasteiger partial charge is 0.491 e. The standard InChI is InChI=1S/C16H21N3O2/c1-19-15(20)7-6-13-16(19)14(8-9-18-13)21-10-11-2-4-12(17)5-3-11/h6-9,11-12H,2-5,10,17H2,1H3. The first kappa shape index (κ1) is 14.1. The average Bonchev–Trinajstić information content (AvgIpc) is 2.50. The Kier molecular flexibility index (Phi) is 3.92. The Hall–Kier alpha value is -1.88. The van der Waals surface area contributed by atoms with Crippen molar-refractivity contribution in [2.75, 3.05) is 6.61 Å². The molecule has 5 heteroatoms. The van der Waals surface area contributed by atoms with Crippen molar-refractivity contribution in [2.24, 2.45) is 18.7 Å². The van der Waals surface area contributed by atoms with Crippen molar-refractivity contribution >= 4 is 11.0 Å². The number of aromatic nitrogens is 2. The van der Waals surface area contributed by atoms with Gasteiger partial charge < -0.3 is 15.0 Å². The summed E-state index contributed by atoms with van der Waals surface area (Å²) >= 11 is 0. The van der Waals surface area contributed by atoms with Crippen LogP contribution in [0.5, 0.6) is 5.75 Å². The van der Waals surface area contributed by atoms with Crippen LogP contribution in [0, 0.1) is 5.92 Å². The maximum Gasteiger partial charge on any atom is 0.250 e. The summed E-state index contributed by atoms with van der Waals surface area (Å²) in [6.07, 6.45) is 6.10. The first-order chi connectivity index (χ1) is 10.1. The number of hydrogen-bond donors (Lipinski definition) is 1. The lowest BCUT2D eigenvalue weighted by Crippen LogP contribution is -2.28. The smallest absolute Gasteiger partial charge is 0.250 e. The van der Waals surface area contributed by atoms with E-state index in [4.69, 9.17) is 10.5 Å². The molecule has 0 unspecified atom stereocenters. The molecule has 5 nitrogen and oxygen atoms in total. The van der Waals surface area contributed by atoms with Gasteiger partial charge >= 0.3 is 0 Å². The highest BCUT2D eigenvalue weighted by Gasteiger charge is 2.19. The SMILES string of the molecule is Cn1c(=O)ccc2nccc(OCC3CCC(N)CC3)c21. The summed E-state index contributed by atoms with van der Waals surface area (Å²) in [5.74, 6) is 1.28. The van der Waals surface area contributed by atoms with E-state index < -0.39 is 0 Å². The fourth-order valence-corrected chi connectivity index (χ4v) is 2.96. The van der Waals surface area contributed by atoms with Crippen molar-refractivity contribution in [3.63, 3.8) is 0 Å². The molecular weight excluding hydrogens is 266 g/mol. The zero-order valence-corrected chi connectivity index (χ0v) is 12.3. The Balaban J connectivity index is 1.81. The van der Waals surface area contributed by atoms with E-state index in [-0.39, 0.29) is 5.56 Å². The summed E-state index contributed by atoms with van der Waals surface area (Å²) in [5.41, 5.74) is 7.42. The highest BCUT2D eigenvalue weighted by molar-refractivity contribution is 5.80. The number of nitrogens with two attached hydrogens (primary N) is 1. The highest BCUT2D eigenvalue weighted by atomic mass is 16.5. The molecule has 0 atom stereocenters. The number of rotatable bonds is 3. The van der Waals surface area contributed by atoms with E-state index in [9.17, 15) is 4.79 Å². The van der Waals surface area contributed by atoms with Crippen LogP contribution in [0.2, 0.25) is 0 Å². The minimum absolute atomic E-state index is 0.0519. The summed E-state index contributed by atoms with van der Waals surface area (Å²) < 4.78 is 7.58. The van der Waals surface area contributed by atoms with Crippen molar-refractivity contribution in [1.82, 2.24) is 9.55 Å². The Labute approximate surface area is 123 Å². The summed E-state index contributed by atoms with van der Waals surface area (Å²) in [6.45, 7) is 0.676. The van der Waals surface area contributed by atoms with Gasteiger partial charge in [-0.1, -0.05) is 0 Å². The third-order valence-corrected chi connectivity index (χ3v) is 4.33. The van der Waals surface area contributed by atoms with E-state index >= 15 is 0 Å². The number of aryl methyl sites for hydroxylation is 1. The number of pyridine rings is 2. The van der Waals surface area contributed by atoms with Crippen LogP contribution in [0.1, 0.15) is 25.7 Å². The van der Waals surface area contributed by atoms with E-state index in [0.717, 1.165) is 42.5 Å². The monoisotopic (exact) mass is 287 g/mol. The fraction of sp³-hybridized carbons (Fsp3) is 0.500. The van der Waals surface area contributed by atoms with Gasteiger partial charge in [0.05, 0.1) is 12.1 Å². The molecule has 0 spiro atoms. The predicted octanol–water partition coefficient (Wildman–Crippen LogP) is 1.83. The Morgan fingerprint density at radius 3 is 2.81 bits per heavy atom. The van der Waals surface area contributed by atoms with Gasteiger partial charge in [-0.25, -0.2) is 0 Å². The zero-order chi connectivity index (χ0) is 14.8. The van der Waals surface area contributed by atoms with Crippen LogP contribution in [0.3, 0.4) is 0 Å². The summed E-state index contributed by atoms with van der Waals surface area (Å²) in [4.78, 5) is 16.1. The van der Waals surface area contributed by atoms with Gasteiger partial charge in [-0.2, -0.15) is 0 Å². The molecule has 1 saturated carbocycles. The maximum atomic E-state index is 11.8. The Morgan fingerprint density at radius 1 is 1.29 bits per heavy atom. The van der Waals surface area contributed by atoms with Gasteiger partial charge in [0.15, 0.2) is 0 Å². The molecule has 0 aliphatic heterocycles. The van der Waals surface area contributed by atoms with Gasteiger partial charge in [0.1, 0.15) is 11.3 Å². The second kappa shape index (κ2) is 5.85. The quantitative estimate of drug-likeness (QED) is 0.935. The van der Waals surface area contributed by atoms with E-state index in [1.165, 1.54) is 6.07 Å². The lowest BCUT2D eigenvalue weighted by atomic mass is 9.87. The molecule has 1 fully saturated rings. The van der Waals surface area contributed by atoms with Crippen molar-refractivity contribution in [3.05, 3.63) is 34.7 Å². The van der Waals surface area contributed by atoms with E-state index in [0.29, 0.717) is 18.6 Å². The molecular formula is C16H21N3O2. The van der Waals surface area contributed by atoms with Crippen molar-refractivity contribution in [1.29, 1.82) is 0 Å². The summed E-state index contributed by atoms with van der Waals surface area (Å²) in [5, 5.41) is 0. The van der Waals surface area contributed by atoms with Crippen LogP contribution in [0.15, 0.2) is 29.2 Å². The van der Waals surface area contributed by atoms with Crippen LogP contribution < -0.4 is 16.0 Å². The molecule has 2 heterocycles. The predicted molar refractivity (Wildman–Crippen MR) is 82.4 cm³/mol. The molecule has 2 aromatic heterocycles. The zero-order valence-electron chi connectivity index (χ0n) is 12.3. The molecule has 112 valence electrons. The van der Waals surface area contributed by atoms with Crippen LogP contribution in [-0.2, 0) is 7.05 Å². The van der Waals surface area contributed by atoms with E-state index in [1.807, 2.05) is 6.07 Å². The van der Waals surface area contributed by atoms with Gasteiger partial charge in [-0.15, -0.1) is 0 Å². The normalized spacial score (nSPS) is 22.4. The Morgan fingerprint density at radius 2 is 2.05 bits per heavy atom. The molecule has 21 heavy (non-hydrogen) atoms. The van der Waals surface area contributed by atoms with Crippen LogP contribution in [0.25, 0.3) is 11.0 Å². The molecule has 2 N–H and O–H groups in total. The van der Waals surface area contributed by atoms with Crippen LogP contribution in [-0.4, -0.2) is 22.2 Å². The maximum absolute atomic E-state index is 11.8. The molecule has 0 bridgehead atoms. The van der Waals surface area contributed by atoms with Gasteiger partial charge in [0, 0.05) is 31.4 Å². The van der Waals surface area contributed by atoms with E-state index in [2.05, 4.69) is 4.98 Å². The minimum Gasteiger partial charge on any atom is -0.491 e. The second-order valence-electron chi connectivity index (χ2n) is 5.87. The molecule has 1 aliphatic carbocycles. The first-order valence-corrected chi connectivity index (χ1v) is 7.48. The summed E-state index contributed by atoms with van der Waals surface area (Å²) in [6, 6.07) is 5.45. The number of nitrogens with zero attached hydrogens (tertiary/aromatic N) is 2. The molecule has 0 radical (unpaired) electrons. The molecule has 0 aromatic carbocycles. The average molecular weight is 287 g/mol. The topological polar surface area (TPSA) is 70.1 Å². The van der Waals surface area contributed by atoms with Crippen molar-refractivity contribution in [3.8, 4) is 5.75 Å². The minimum atomic E-state index is -0.0519. The molecule has 1 aliphatic rings. The number of ether oxygens (including phenoxy) is 1. The van der Waals surface area contributed by atoms with Gasteiger partial charge in [0.25, 0.3) is 5.56 Å². The molecule has 3 rings (SSSR count). The first-order valence-electron chi connectivity index (χ1n) is 7.48. The highest BCUT2D eigenvalue weighted by Crippen LogP contribution is 2.26. The van der Waals surface area contributed by atoms with Crippen LogP contribution in [0.4, 0.5) is 0 Å². The van der Waals surface area contributed by atoms with Gasteiger partial charge in [-0.05, 0) is 37.7 Å². The lowest BCUT2D eigenvalue weighted by molar-refractivity contribution is 0.201. The van der Waals surface area contributed by atoms with Crippen molar-refractivity contribution in [2.45, 2.75) is 31.7 Å². The van der Waals surface area contributed by atoms with Crippen LogP contribution >= 0.6 is 0 Å². The Bertz CT molecular complexity index is 687. The third-order valence-electron chi connectivity index (χ3n) is 4.33. The number of fused-ring (bicyclic) bond motifs is 1. The fourth-order valence-electron chi connectivity index (χ4n) is 2.96. The van der Waals surface area contributed by atoms with E-state index in [1.54, 1.807) is 23.9 Å². The third kappa shape index (κ3) is 2.93. The van der Waals surface area contributed by atoms with Crippen molar-refractivity contribution < 1.29 is 4.74 Å². The lowest BCUT2D eigenvalue weighted by Gasteiger charge is -2.26. The molecule has 0 saturated heterocycles. The van der Waals surface area contributed by atoms with Gasteiger partial charge in [0.2, 0.25) is 0 Å². The molecule has 2 aromatic rings. The molecule has 0 amide bonds. The second-order valence-corrected chi connectivity index (χ2v) is 5.87.